The van der Waals surface area contributed by atoms with Crippen molar-refractivity contribution in [3.8, 4) is 11.1 Å². The van der Waals surface area contributed by atoms with Crippen molar-refractivity contribution in [1.82, 2.24) is 5.48 Å². The van der Waals surface area contributed by atoms with Crippen LogP contribution < -0.4 is 5.48 Å². The highest BCUT2D eigenvalue weighted by atomic mass is 127. The first-order chi connectivity index (χ1) is 11.0. The Labute approximate surface area is 151 Å². The highest BCUT2D eigenvalue weighted by Crippen LogP contribution is 2.32. The molecule has 0 saturated carbocycles. The van der Waals surface area contributed by atoms with E-state index in [1.807, 2.05) is 6.07 Å². The number of carbonyl (C=O) groups is 1. The van der Waals surface area contributed by atoms with Gasteiger partial charge in [-0.05, 0) is 64.9 Å². The molecule has 0 spiro atoms. The number of hydrogen-bond donors (Lipinski definition) is 2. The molecule has 0 aliphatic rings. The summed E-state index contributed by atoms with van der Waals surface area (Å²) in [5.74, 6) is -0.972. The number of nitrogens with one attached hydrogen (secondary N) is 1. The molecule has 23 heavy (non-hydrogen) atoms. The van der Waals surface area contributed by atoms with Crippen LogP contribution in [0.5, 0.6) is 0 Å². The van der Waals surface area contributed by atoms with Crippen molar-refractivity contribution in [1.29, 1.82) is 0 Å². The van der Waals surface area contributed by atoms with E-state index in [-0.39, 0.29) is 18.8 Å². The molecule has 0 aliphatic carbocycles. The van der Waals surface area contributed by atoms with Gasteiger partial charge in [-0.2, -0.15) is 0 Å². The smallest absolute Gasteiger partial charge is 0.275 e. The number of halogens is 3. The molecule has 2 N–H and O–H groups in total. The molecule has 2 rings (SSSR count). The summed E-state index contributed by atoms with van der Waals surface area (Å²) in [6.07, 6.45) is 0.402. The SMILES string of the molecule is O=C(NOCCCO)c1ccc(F)cc1-c1ccc(I)cc1Cl. The fourth-order valence-electron chi connectivity index (χ4n) is 1.95. The average Bonchev–Trinajstić information content (AvgIpc) is 2.51. The van der Waals surface area contributed by atoms with Crippen LogP contribution in [0.2, 0.25) is 5.02 Å². The van der Waals surface area contributed by atoms with Gasteiger partial charge in [0.2, 0.25) is 0 Å². The van der Waals surface area contributed by atoms with Gasteiger partial charge in [0, 0.05) is 26.3 Å². The number of amides is 1. The minimum atomic E-state index is -0.507. The maximum absolute atomic E-state index is 13.6. The fourth-order valence-corrected chi connectivity index (χ4v) is 2.91. The molecule has 0 saturated heterocycles. The van der Waals surface area contributed by atoms with Crippen LogP contribution >= 0.6 is 34.2 Å². The third kappa shape index (κ3) is 4.87. The van der Waals surface area contributed by atoms with Crippen molar-refractivity contribution >= 4 is 40.1 Å². The molecule has 1 amide bonds. The second kappa shape index (κ2) is 8.58. The van der Waals surface area contributed by atoms with Crippen molar-refractivity contribution in [3.05, 3.63) is 56.4 Å². The van der Waals surface area contributed by atoms with Crippen LogP contribution in [0.15, 0.2) is 36.4 Å². The van der Waals surface area contributed by atoms with Gasteiger partial charge >= 0.3 is 0 Å². The molecule has 0 unspecified atom stereocenters. The van der Waals surface area contributed by atoms with Crippen molar-refractivity contribution in [2.45, 2.75) is 6.42 Å². The van der Waals surface area contributed by atoms with Gasteiger partial charge in [0.25, 0.3) is 5.91 Å². The Morgan fingerprint density at radius 3 is 2.74 bits per heavy atom. The van der Waals surface area contributed by atoms with Gasteiger partial charge in [0.15, 0.2) is 0 Å². The molecule has 2 aromatic carbocycles. The lowest BCUT2D eigenvalue weighted by molar-refractivity contribution is 0.0262. The first kappa shape index (κ1) is 18.1. The van der Waals surface area contributed by atoms with E-state index < -0.39 is 11.7 Å². The Hall–Kier alpha value is -1.22. The second-order valence-corrected chi connectivity index (χ2v) is 6.32. The third-order valence-corrected chi connectivity index (χ3v) is 4.00. The van der Waals surface area contributed by atoms with Crippen LogP contribution in [0.4, 0.5) is 4.39 Å². The predicted octanol–water partition coefficient (Wildman–Crippen LogP) is 3.79. The van der Waals surface area contributed by atoms with Crippen molar-refractivity contribution in [3.63, 3.8) is 0 Å². The molecule has 0 bridgehead atoms. The van der Waals surface area contributed by atoms with E-state index in [2.05, 4.69) is 28.1 Å². The lowest BCUT2D eigenvalue weighted by Crippen LogP contribution is -2.25. The topological polar surface area (TPSA) is 58.6 Å². The molecule has 2 aromatic rings. The molecular weight excluding hydrogens is 436 g/mol. The summed E-state index contributed by atoms with van der Waals surface area (Å²) in [7, 11) is 0. The minimum Gasteiger partial charge on any atom is -0.396 e. The molecule has 0 aromatic heterocycles. The molecule has 4 nitrogen and oxygen atoms in total. The fraction of sp³-hybridized carbons (Fsp3) is 0.188. The molecule has 0 radical (unpaired) electrons. The number of hydroxylamine groups is 1. The summed E-state index contributed by atoms with van der Waals surface area (Å²) in [6, 6.07) is 9.14. The Morgan fingerprint density at radius 1 is 1.26 bits per heavy atom. The molecule has 0 aliphatic heterocycles. The van der Waals surface area contributed by atoms with Gasteiger partial charge < -0.3 is 5.11 Å². The normalized spacial score (nSPS) is 10.6. The summed E-state index contributed by atoms with van der Waals surface area (Å²) >= 11 is 8.34. The Balaban J connectivity index is 2.32. The van der Waals surface area contributed by atoms with Crippen LogP contribution in [-0.4, -0.2) is 24.2 Å². The van der Waals surface area contributed by atoms with Crippen molar-refractivity contribution in [2.24, 2.45) is 0 Å². The molecule has 0 fully saturated rings. The second-order valence-electron chi connectivity index (χ2n) is 4.67. The van der Waals surface area contributed by atoms with Crippen LogP contribution in [0.1, 0.15) is 16.8 Å². The number of rotatable bonds is 6. The molecule has 0 atom stereocenters. The monoisotopic (exact) mass is 449 g/mol. The molecular formula is C16H14ClFINO3. The van der Waals surface area contributed by atoms with E-state index in [1.165, 1.54) is 18.2 Å². The third-order valence-electron chi connectivity index (χ3n) is 3.02. The van der Waals surface area contributed by atoms with E-state index in [9.17, 15) is 9.18 Å². The number of aliphatic hydroxyl groups is 1. The average molecular weight is 450 g/mol. The zero-order chi connectivity index (χ0) is 16.8. The van der Waals surface area contributed by atoms with E-state index in [1.54, 1.807) is 12.1 Å². The lowest BCUT2D eigenvalue weighted by Gasteiger charge is -2.12. The predicted molar refractivity (Wildman–Crippen MR) is 94.7 cm³/mol. The van der Waals surface area contributed by atoms with E-state index >= 15 is 0 Å². The first-order valence-corrected chi connectivity index (χ1v) is 8.26. The van der Waals surface area contributed by atoms with Crippen LogP contribution in [-0.2, 0) is 4.84 Å². The zero-order valence-corrected chi connectivity index (χ0v) is 14.9. The molecule has 0 heterocycles. The highest BCUT2D eigenvalue weighted by molar-refractivity contribution is 14.1. The Morgan fingerprint density at radius 2 is 2.04 bits per heavy atom. The van der Waals surface area contributed by atoms with E-state index in [0.29, 0.717) is 22.6 Å². The van der Waals surface area contributed by atoms with Gasteiger partial charge in [-0.3, -0.25) is 9.63 Å². The maximum Gasteiger partial charge on any atom is 0.275 e. The van der Waals surface area contributed by atoms with Gasteiger partial charge in [0.05, 0.1) is 6.61 Å². The summed E-state index contributed by atoms with van der Waals surface area (Å²) in [4.78, 5) is 17.2. The number of carbonyl (C=O) groups excluding carboxylic acids is 1. The van der Waals surface area contributed by atoms with Gasteiger partial charge in [0.1, 0.15) is 5.82 Å². The minimum absolute atomic E-state index is 0.0318. The Kier molecular flexibility index (Phi) is 6.76. The number of hydrogen-bond acceptors (Lipinski definition) is 3. The van der Waals surface area contributed by atoms with Crippen LogP contribution in [0.3, 0.4) is 0 Å². The largest absolute Gasteiger partial charge is 0.396 e. The zero-order valence-electron chi connectivity index (χ0n) is 12.0. The Bertz CT molecular complexity index is 712. The summed E-state index contributed by atoms with van der Waals surface area (Å²) < 4.78 is 14.6. The van der Waals surface area contributed by atoms with Gasteiger partial charge in [-0.1, -0.05) is 17.7 Å². The number of aliphatic hydroxyl groups excluding tert-OH is 1. The quantitative estimate of drug-likeness (QED) is 0.401. The van der Waals surface area contributed by atoms with Gasteiger partial charge in [-0.25, -0.2) is 9.87 Å². The maximum atomic E-state index is 13.6. The van der Waals surface area contributed by atoms with E-state index in [0.717, 1.165) is 3.57 Å². The van der Waals surface area contributed by atoms with Crippen LogP contribution in [0, 0.1) is 9.39 Å². The van der Waals surface area contributed by atoms with Crippen molar-refractivity contribution < 1.29 is 19.1 Å². The standard InChI is InChI=1S/C16H14ClFINO3/c17-15-9-11(19)3-5-12(15)14-8-10(18)2-4-13(14)16(22)20-23-7-1-6-21/h2-5,8-9,21H,1,6-7H2,(H,20,22). The lowest BCUT2D eigenvalue weighted by atomic mass is 9.99. The summed E-state index contributed by atoms with van der Waals surface area (Å²) in [6.45, 7) is 0.152. The van der Waals surface area contributed by atoms with Crippen molar-refractivity contribution in [2.75, 3.05) is 13.2 Å². The van der Waals surface area contributed by atoms with Crippen LogP contribution in [0.25, 0.3) is 11.1 Å². The first-order valence-electron chi connectivity index (χ1n) is 6.81. The summed E-state index contributed by atoms with van der Waals surface area (Å²) in [5, 5.41) is 9.10. The van der Waals surface area contributed by atoms with E-state index in [4.69, 9.17) is 21.5 Å². The van der Waals surface area contributed by atoms with Gasteiger partial charge in [-0.15, -0.1) is 0 Å². The molecule has 7 heteroatoms. The highest BCUT2D eigenvalue weighted by Gasteiger charge is 2.16. The summed E-state index contributed by atoms with van der Waals surface area (Å²) in [5.41, 5.74) is 3.47. The number of benzene rings is 2. The molecule has 122 valence electrons.